The summed E-state index contributed by atoms with van der Waals surface area (Å²) in [7, 11) is -9.92. The quantitative estimate of drug-likeness (QED) is 0.0222. The average Bonchev–Trinajstić information content (AvgIpc) is 3.57. The first kappa shape index (κ1) is 95.1. The summed E-state index contributed by atoms with van der Waals surface area (Å²) >= 11 is 0. The van der Waals surface area contributed by atoms with Crippen LogP contribution in [0.2, 0.25) is 0 Å². The van der Waals surface area contributed by atoms with Crippen LogP contribution in [0.1, 0.15) is 396 Å². The zero-order chi connectivity index (χ0) is 71.7. The number of aliphatic hydroxyl groups is 1. The van der Waals surface area contributed by atoms with Crippen molar-refractivity contribution >= 4 is 39.5 Å². The molecule has 3 N–H and O–H groups in total. The molecule has 0 amide bonds. The van der Waals surface area contributed by atoms with Gasteiger partial charge in [0.2, 0.25) is 0 Å². The van der Waals surface area contributed by atoms with Gasteiger partial charge in [0.1, 0.15) is 19.3 Å². The summed E-state index contributed by atoms with van der Waals surface area (Å²) in [5.74, 6) is 0.955. The molecule has 0 aromatic heterocycles. The molecule has 0 heterocycles. The number of rotatable bonds is 75. The van der Waals surface area contributed by atoms with Gasteiger partial charge in [-0.05, 0) is 49.4 Å². The molecule has 0 rings (SSSR count). The van der Waals surface area contributed by atoms with Crippen LogP contribution in [0, 0.1) is 23.7 Å². The van der Waals surface area contributed by atoms with Crippen LogP contribution in [0.25, 0.3) is 0 Å². The summed E-state index contributed by atoms with van der Waals surface area (Å²) in [6, 6.07) is 0. The van der Waals surface area contributed by atoms with Crippen molar-refractivity contribution in [3.8, 4) is 0 Å². The first-order valence-electron chi connectivity index (χ1n) is 40.2. The second kappa shape index (κ2) is 67.2. The van der Waals surface area contributed by atoms with Crippen LogP contribution in [0.5, 0.6) is 0 Å². The molecule has 19 heteroatoms. The Balaban J connectivity index is 5.24. The Bertz CT molecular complexity index is 1900. The van der Waals surface area contributed by atoms with Gasteiger partial charge in [-0.3, -0.25) is 37.3 Å². The van der Waals surface area contributed by atoms with E-state index in [1.165, 1.54) is 193 Å². The van der Waals surface area contributed by atoms with Gasteiger partial charge in [-0.2, -0.15) is 0 Å². The van der Waals surface area contributed by atoms with Crippen molar-refractivity contribution in [2.45, 2.75) is 414 Å². The largest absolute Gasteiger partial charge is 0.472 e. The average molecular weight is 1420 g/mol. The van der Waals surface area contributed by atoms with Gasteiger partial charge in [0.05, 0.1) is 26.4 Å². The Morgan fingerprint density at radius 2 is 0.495 bits per heavy atom. The highest BCUT2D eigenvalue weighted by molar-refractivity contribution is 7.47. The Labute approximate surface area is 594 Å². The van der Waals surface area contributed by atoms with Crippen molar-refractivity contribution in [2.24, 2.45) is 23.7 Å². The highest BCUT2D eigenvalue weighted by Crippen LogP contribution is 2.45. The molecule has 0 aliphatic heterocycles. The predicted octanol–water partition coefficient (Wildman–Crippen LogP) is 22.8. The van der Waals surface area contributed by atoms with E-state index in [1.807, 2.05) is 0 Å². The van der Waals surface area contributed by atoms with E-state index in [4.69, 9.17) is 37.0 Å². The Hall–Kier alpha value is -1.94. The smallest absolute Gasteiger partial charge is 0.462 e. The van der Waals surface area contributed by atoms with Gasteiger partial charge >= 0.3 is 39.5 Å². The maximum Gasteiger partial charge on any atom is 0.472 e. The van der Waals surface area contributed by atoms with Gasteiger partial charge in [0, 0.05) is 25.7 Å². The lowest BCUT2D eigenvalue weighted by Crippen LogP contribution is -2.30. The first-order valence-corrected chi connectivity index (χ1v) is 43.2. The van der Waals surface area contributed by atoms with E-state index in [1.54, 1.807) is 0 Å². The van der Waals surface area contributed by atoms with Crippen LogP contribution in [-0.2, 0) is 65.4 Å². The minimum atomic E-state index is -4.96. The van der Waals surface area contributed by atoms with Crippen LogP contribution < -0.4 is 0 Å². The summed E-state index contributed by atoms with van der Waals surface area (Å²) < 4.78 is 68.6. The maximum atomic E-state index is 13.1. The third kappa shape index (κ3) is 70.9. The molecule has 0 saturated carbocycles. The third-order valence-electron chi connectivity index (χ3n) is 18.4. The standard InChI is InChI=1S/C78H152O17P2/c1-9-71(8)57-49-41-33-27-28-36-45-53-61-78(83)95-74(65-89-76(81)59-51-43-37-29-32-40-48-56-70(6)7)67-93-97(86,87)91-63-72(79)62-90-96(84,85)92-66-73(64-88-75(80)58-50-42-34-25-21-18-14-16-20-24-31-39-47-55-69(4)5)94-77(82)60-52-44-35-26-22-17-13-11-10-12-15-19-23-30-38-46-54-68(2)3/h68-74,79H,9-67H2,1-8H3,(H,84,85)(H,86,87)/t71?,72?,73-,74-/m1/s1. The number of phosphoric acid groups is 2. The number of hydrogen-bond donors (Lipinski definition) is 3. The Morgan fingerprint density at radius 1 is 0.289 bits per heavy atom. The number of phosphoric ester groups is 2. The van der Waals surface area contributed by atoms with Crippen LogP contribution in [0.3, 0.4) is 0 Å². The van der Waals surface area contributed by atoms with Crippen LogP contribution in [0.4, 0.5) is 0 Å². The minimum absolute atomic E-state index is 0.104. The molecule has 576 valence electrons. The lowest BCUT2D eigenvalue weighted by Gasteiger charge is -2.21. The van der Waals surface area contributed by atoms with Gasteiger partial charge < -0.3 is 33.8 Å². The molecule has 6 atom stereocenters. The summed E-state index contributed by atoms with van der Waals surface area (Å²) in [6.45, 7) is 14.2. The molecule has 4 unspecified atom stereocenters. The van der Waals surface area contributed by atoms with E-state index < -0.39 is 97.5 Å². The second-order valence-electron chi connectivity index (χ2n) is 29.8. The maximum absolute atomic E-state index is 13.1. The number of carbonyl (C=O) groups is 4. The van der Waals surface area contributed by atoms with E-state index in [0.29, 0.717) is 31.6 Å². The fourth-order valence-electron chi connectivity index (χ4n) is 11.9. The van der Waals surface area contributed by atoms with Crippen LogP contribution in [0.15, 0.2) is 0 Å². The molecule has 0 radical (unpaired) electrons. The van der Waals surface area contributed by atoms with E-state index in [0.717, 1.165) is 114 Å². The number of hydrogen-bond acceptors (Lipinski definition) is 15. The van der Waals surface area contributed by atoms with E-state index in [-0.39, 0.29) is 25.7 Å². The highest BCUT2D eigenvalue weighted by atomic mass is 31.2. The molecule has 17 nitrogen and oxygen atoms in total. The molecular weight excluding hydrogens is 1270 g/mol. The number of aliphatic hydroxyl groups excluding tert-OH is 1. The zero-order valence-electron chi connectivity index (χ0n) is 63.7. The van der Waals surface area contributed by atoms with Gasteiger partial charge in [0.15, 0.2) is 12.2 Å². The SMILES string of the molecule is CCC(C)CCCCCCCCCCC(=O)O[C@H](COC(=O)CCCCCCCCCC(C)C)COP(=O)(O)OCC(O)COP(=O)(O)OC[C@@H](COC(=O)CCCCCCCCCCCCCCCC(C)C)OC(=O)CCCCCCCCCCCCCCCCCCC(C)C. The topological polar surface area (TPSA) is 237 Å². The molecule has 97 heavy (non-hydrogen) atoms. The lowest BCUT2D eigenvalue weighted by atomic mass is 9.99. The second-order valence-corrected chi connectivity index (χ2v) is 32.7. The summed E-state index contributed by atoms with van der Waals surface area (Å²) in [6.07, 6.45) is 52.8. The molecule has 0 aromatic rings. The van der Waals surface area contributed by atoms with Gasteiger partial charge in [-0.25, -0.2) is 9.13 Å². The summed E-state index contributed by atoms with van der Waals surface area (Å²) in [5, 5.41) is 10.6. The zero-order valence-corrected chi connectivity index (χ0v) is 65.5. The van der Waals surface area contributed by atoms with Crippen molar-refractivity contribution < 1.29 is 80.2 Å². The molecule has 0 spiro atoms. The molecule has 0 aliphatic carbocycles. The van der Waals surface area contributed by atoms with Crippen molar-refractivity contribution in [3.05, 3.63) is 0 Å². The van der Waals surface area contributed by atoms with Gasteiger partial charge in [0.25, 0.3) is 0 Å². The van der Waals surface area contributed by atoms with Crippen molar-refractivity contribution in [2.75, 3.05) is 39.6 Å². The number of carbonyl (C=O) groups excluding carboxylic acids is 4. The van der Waals surface area contributed by atoms with Crippen LogP contribution >= 0.6 is 15.6 Å². The molecule has 0 fully saturated rings. The van der Waals surface area contributed by atoms with E-state index in [9.17, 15) is 43.2 Å². The number of ether oxygens (including phenoxy) is 4. The third-order valence-corrected chi connectivity index (χ3v) is 20.3. The number of unbranched alkanes of at least 4 members (excludes halogenated alkanes) is 40. The van der Waals surface area contributed by atoms with Crippen molar-refractivity contribution in [1.82, 2.24) is 0 Å². The fraction of sp³-hybridized carbons (Fsp3) is 0.949. The van der Waals surface area contributed by atoms with E-state index in [2.05, 4.69) is 55.4 Å². The van der Waals surface area contributed by atoms with E-state index >= 15 is 0 Å². The van der Waals surface area contributed by atoms with Crippen LogP contribution in [-0.4, -0.2) is 96.7 Å². The highest BCUT2D eigenvalue weighted by Gasteiger charge is 2.30. The molecule has 0 bridgehead atoms. The van der Waals surface area contributed by atoms with Gasteiger partial charge in [-0.15, -0.1) is 0 Å². The minimum Gasteiger partial charge on any atom is -0.462 e. The normalized spacial score (nSPS) is 14.4. The number of esters is 4. The predicted molar refractivity (Wildman–Crippen MR) is 395 cm³/mol. The van der Waals surface area contributed by atoms with Crippen molar-refractivity contribution in [3.63, 3.8) is 0 Å². The molecule has 0 saturated heterocycles. The fourth-order valence-corrected chi connectivity index (χ4v) is 13.5. The molecular formula is C78H152O17P2. The summed E-state index contributed by atoms with van der Waals surface area (Å²) in [4.78, 5) is 72.9. The molecule has 0 aliphatic rings. The Morgan fingerprint density at radius 3 is 0.732 bits per heavy atom. The first-order chi connectivity index (χ1) is 46.6. The summed E-state index contributed by atoms with van der Waals surface area (Å²) in [5.41, 5.74) is 0. The Kier molecular flexibility index (Phi) is 65.9. The van der Waals surface area contributed by atoms with Crippen molar-refractivity contribution in [1.29, 1.82) is 0 Å². The molecule has 0 aromatic carbocycles. The monoisotopic (exact) mass is 1420 g/mol. The van der Waals surface area contributed by atoms with Gasteiger partial charge in [-0.1, -0.05) is 344 Å². The lowest BCUT2D eigenvalue weighted by molar-refractivity contribution is -0.161.